The quantitative estimate of drug-likeness (QED) is 0.475. The Bertz CT molecular complexity index is 1200. The molecule has 6 nitrogen and oxygen atoms in total. The van der Waals surface area contributed by atoms with Crippen LogP contribution >= 0.6 is 11.8 Å². The van der Waals surface area contributed by atoms with Crippen LogP contribution in [-0.4, -0.2) is 31.3 Å². The van der Waals surface area contributed by atoms with Crippen LogP contribution in [0.3, 0.4) is 0 Å². The van der Waals surface area contributed by atoms with Crippen molar-refractivity contribution >= 4 is 17.7 Å². The first-order valence-electron chi connectivity index (χ1n) is 9.31. The van der Waals surface area contributed by atoms with E-state index in [9.17, 15) is 9.18 Å². The second-order valence-electron chi connectivity index (χ2n) is 6.65. The first-order chi connectivity index (χ1) is 14.6. The summed E-state index contributed by atoms with van der Waals surface area (Å²) in [6.45, 7) is 2.04. The van der Waals surface area contributed by atoms with Crippen LogP contribution in [0.5, 0.6) is 0 Å². The van der Waals surface area contributed by atoms with Crippen LogP contribution in [0.1, 0.15) is 21.7 Å². The highest BCUT2D eigenvalue weighted by molar-refractivity contribution is 7.98. The molecule has 152 valence electrons. The Morgan fingerprint density at radius 3 is 2.63 bits per heavy atom. The Morgan fingerprint density at radius 2 is 1.90 bits per heavy atom. The lowest BCUT2D eigenvalue weighted by Gasteiger charge is -2.11. The second kappa shape index (κ2) is 8.54. The minimum absolute atomic E-state index is 0.224. The van der Waals surface area contributed by atoms with Gasteiger partial charge in [0.15, 0.2) is 5.16 Å². The molecule has 0 saturated carbocycles. The average Bonchev–Trinajstić information content (AvgIpc) is 3.41. The van der Waals surface area contributed by atoms with Gasteiger partial charge in [0, 0.05) is 42.6 Å². The second-order valence-corrected chi connectivity index (χ2v) is 7.42. The van der Waals surface area contributed by atoms with Gasteiger partial charge in [-0.1, -0.05) is 23.9 Å². The normalized spacial score (nSPS) is 10.9. The van der Waals surface area contributed by atoms with Gasteiger partial charge in [-0.2, -0.15) is 0 Å². The maximum atomic E-state index is 14.6. The van der Waals surface area contributed by atoms with Gasteiger partial charge in [-0.3, -0.25) is 9.36 Å². The van der Waals surface area contributed by atoms with E-state index >= 15 is 0 Å². The number of carbonyl (C=O) groups is 1. The standard InChI is InChI=1S/C22H20FN5OS/c1-15-24-8-10-27(15)20-7-6-16(12-19(20)23)14-26-21(29)17-4-3-5-18(13-17)28-11-9-25-22(28)30-2/h3-13H,14H2,1-2H3,(H,26,29). The van der Waals surface area contributed by atoms with E-state index in [0.717, 1.165) is 10.8 Å². The molecule has 0 radical (unpaired) electrons. The average molecular weight is 422 g/mol. The number of amides is 1. The zero-order valence-corrected chi connectivity index (χ0v) is 17.4. The zero-order valence-electron chi connectivity index (χ0n) is 16.5. The van der Waals surface area contributed by atoms with Gasteiger partial charge in [0.1, 0.15) is 11.6 Å². The Hall–Kier alpha value is -3.39. The van der Waals surface area contributed by atoms with Crippen LogP contribution in [0.4, 0.5) is 4.39 Å². The fourth-order valence-electron chi connectivity index (χ4n) is 3.21. The monoisotopic (exact) mass is 421 g/mol. The Balaban J connectivity index is 1.47. The summed E-state index contributed by atoms with van der Waals surface area (Å²) < 4.78 is 18.2. The summed E-state index contributed by atoms with van der Waals surface area (Å²) in [4.78, 5) is 21.0. The number of thioether (sulfide) groups is 1. The zero-order chi connectivity index (χ0) is 21.1. The number of rotatable bonds is 6. The molecule has 0 fully saturated rings. The highest BCUT2D eigenvalue weighted by atomic mass is 32.2. The third-order valence-electron chi connectivity index (χ3n) is 4.73. The third kappa shape index (κ3) is 3.99. The molecule has 30 heavy (non-hydrogen) atoms. The molecule has 4 rings (SSSR count). The number of imidazole rings is 2. The van der Waals surface area contributed by atoms with Gasteiger partial charge in [0.05, 0.1) is 5.69 Å². The Kier molecular flexibility index (Phi) is 5.67. The van der Waals surface area contributed by atoms with E-state index in [1.165, 1.54) is 17.8 Å². The summed E-state index contributed by atoms with van der Waals surface area (Å²) in [5.74, 6) is 0.115. The molecule has 2 aromatic heterocycles. The SMILES string of the molecule is CSc1nccn1-c1cccc(C(=O)NCc2ccc(-n3ccnc3C)c(F)c2)c1. The van der Waals surface area contributed by atoms with Crippen LogP contribution in [0, 0.1) is 12.7 Å². The highest BCUT2D eigenvalue weighted by Gasteiger charge is 2.11. The summed E-state index contributed by atoms with van der Waals surface area (Å²) in [5, 5.41) is 3.70. The summed E-state index contributed by atoms with van der Waals surface area (Å²) in [5.41, 5.74) is 2.49. The predicted molar refractivity (Wildman–Crippen MR) is 115 cm³/mol. The minimum Gasteiger partial charge on any atom is -0.348 e. The van der Waals surface area contributed by atoms with Crippen molar-refractivity contribution in [2.75, 3.05) is 6.26 Å². The van der Waals surface area contributed by atoms with Crippen LogP contribution in [0.2, 0.25) is 0 Å². The van der Waals surface area contributed by atoms with Crippen molar-refractivity contribution in [2.24, 2.45) is 0 Å². The van der Waals surface area contributed by atoms with Gasteiger partial charge in [-0.25, -0.2) is 14.4 Å². The summed E-state index contributed by atoms with van der Waals surface area (Å²) >= 11 is 1.53. The van der Waals surface area contributed by atoms with Crippen molar-refractivity contribution in [1.29, 1.82) is 0 Å². The molecule has 0 atom stereocenters. The van der Waals surface area contributed by atoms with E-state index in [4.69, 9.17) is 0 Å². The number of hydrogen-bond donors (Lipinski definition) is 1. The number of benzene rings is 2. The van der Waals surface area contributed by atoms with Crippen molar-refractivity contribution < 1.29 is 9.18 Å². The topological polar surface area (TPSA) is 64.7 Å². The lowest BCUT2D eigenvalue weighted by molar-refractivity contribution is 0.0951. The van der Waals surface area contributed by atoms with E-state index in [1.54, 1.807) is 41.4 Å². The van der Waals surface area contributed by atoms with Crippen molar-refractivity contribution in [1.82, 2.24) is 24.4 Å². The third-order valence-corrected chi connectivity index (χ3v) is 5.39. The van der Waals surface area contributed by atoms with Crippen molar-refractivity contribution in [3.8, 4) is 11.4 Å². The number of carbonyl (C=O) groups excluding carboxylic acids is 1. The van der Waals surface area contributed by atoms with E-state index in [-0.39, 0.29) is 18.3 Å². The molecular formula is C22H20FN5OS. The van der Waals surface area contributed by atoms with Crippen LogP contribution in [-0.2, 0) is 6.54 Å². The molecule has 8 heteroatoms. The molecule has 0 aliphatic rings. The number of hydrogen-bond acceptors (Lipinski definition) is 4. The van der Waals surface area contributed by atoms with Gasteiger partial charge < -0.3 is 9.88 Å². The molecule has 0 spiro atoms. The minimum atomic E-state index is -0.366. The molecule has 0 bridgehead atoms. The molecule has 0 saturated heterocycles. The number of nitrogens with one attached hydrogen (secondary N) is 1. The van der Waals surface area contributed by atoms with Gasteiger partial charge in [-0.15, -0.1) is 0 Å². The smallest absolute Gasteiger partial charge is 0.251 e. The van der Waals surface area contributed by atoms with E-state index < -0.39 is 0 Å². The maximum absolute atomic E-state index is 14.6. The molecule has 1 N–H and O–H groups in total. The fourth-order valence-corrected chi connectivity index (χ4v) is 3.74. The maximum Gasteiger partial charge on any atom is 0.251 e. The molecule has 1 amide bonds. The Labute approximate surface area is 177 Å². The van der Waals surface area contributed by atoms with E-state index in [2.05, 4.69) is 15.3 Å². The van der Waals surface area contributed by atoms with Crippen LogP contribution in [0.15, 0.2) is 72.4 Å². The first kappa shape index (κ1) is 19.9. The largest absolute Gasteiger partial charge is 0.348 e. The number of aromatic nitrogens is 4. The highest BCUT2D eigenvalue weighted by Crippen LogP contribution is 2.19. The fraction of sp³-hybridized carbons (Fsp3) is 0.136. The lowest BCUT2D eigenvalue weighted by atomic mass is 10.1. The number of nitrogens with zero attached hydrogens (tertiary/aromatic N) is 4. The van der Waals surface area contributed by atoms with Gasteiger partial charge in [-0.05, 0) is 49.1 Å². The Morgan fingerprint density at radius 1 is 1.10 bits per heavy atom. The van der Waals surface area contributed by atoms with Gasteiger partial charge in [0.25, 0.3) is 5.91 Å². The van der Waals surface area contributed by atoms with Crippen LogP contribution in [0.25, 0.3) is 11.4 Å². The van der Waals surface area contributed by atoms with Gasteiger partial charge >= 0.3 is 0 Å². The van der Waals surface area contributed by atoms with Gasteiger partial charge in [0.2, 0.25) is 0 Å². The molecule has 2 aromatic carbocycles. The molecular weight excluding hydrogens is 401 g/mol. The van der Waals surface area contributed by atoms with Crippen molar-refractivity contribution in [3.63, 3.8) is 0 Å². The van der Waals surface area contributed by atoms with E-state index in [1.807, 2.05) is 42.1 Å². The molecule has 0 aliphatic carbocycles. The first-order valence-corrected chi connectivity index (χ1v) is 10.5. The molecule has 4 aromatic rings. The number of aryl methyl sites for hydroxylation is 1. The molecule has 0 aliphatic heterocycles. The summed E-state index contributed by atoms with van der Waals surface area (Å²) in [6.07, 6.45) is 8.87. The molecule has 2 heterocycles. The van der Waals surface area contributed by atoms with Crippen molar-refractivity contribution in [2.45, 2.75) is 18.6 Å². The molecule has 0 unspecified atom stereocenters. The van der Waals surface area contributed by atoms with E-state index in [0.29, 0.717) is 22.6 Å². The van der Waals surface area contributed by atoms with Crippen molar-refractivity contribution in [3.05, 3.63) is 90.0 Å². The summed E-state index contributed by atoms with van der Waals surface area (Å²) in [7, 11) is 0. The predicted octanol–water partition coefficient (Wildman–Crippen LogP) is 4.16. The number of halogens is 1. The summed E-state index contributed by atoms with van der Waals surface area (Å²) in [6, 6.07) is 12.2. The van der Waals surface area contributed by atoms with Crippen LogP contribution < -0.4 is 5.32 Å². The lowest BCUT2D eigenvalue weighted by Crippen LogP contribution is -2.23.